The van der Waals surface area contributed by atoms with Crippen LogP contribution < -0.4 is 10.6 Å². The highest BCUT2D eigenvalue weighted by atomic mass is 16.3. The summed E-state index contributed by atoms with van der Waals surface area (Å²) in [5, 5.41) is 16.7. The number of carbonyl (C=O) groups excluding carboxylic acids is 2. The predicted octanol–water partition coefficient (Wildman–Crippen LogP) is 4.28. The second-order valence-corrected chi connectivity index (χ2v) is 10.1. The van der Waals surface area contributed by atoms with Crippen LogP contribution in [-0.2, 0) is 12.8 Å². The first-order valence-electron chi connectivity index (χ1n) is 10.8. The average Bonchev–Trinajstić information content (AvgIpc) is 2.64. The summed E-state index contributed by atoms with van der Waals surface area (Å²) in [5.74, 6) is -0.249. The summed E-state index contributed by atoms with van der Waals surface area (Å²) in [6.45, 7) is 11.7. The standard InChI is InChI=1S/C26H36N2O3/c1-25(2,3)27-23(30)21-13-9-7-11-18(21)15-16-20(29)17-19-12-8-10-14-22(19)24(31)28-26(4,5)6/h7-14,20,29H,15-17H2,1-6H3,(H,27,30)(H,28,31)/t20-/m1/s1. The first kappa shape index (κ1) is 24.6. The van der Waals surface area contributed by atoms with E-state index in [9.17, 15) is 14.7 Å². The van der Waals surface area contributed by atoms with E-state index < -0.39 is 6.10 Å². The first-order valence-corrected chi connectivity index (χ1v) is 10.8. The number of hydrogen-bond donors (Lipinski definition) is 3. The lowest BCUT2D eigenvalue weighted by atomic mass is 9.95. The van der Waals surface area contributed by atoms with Crippen LogP contribution in [0.3, 0.4) is 0 Å². The van der Waals surface area contributed by atoms with Gasteiger partial charge in [-0.3, -0.25) is 9.59 Å². The molecule has 0 heterocycles. The number of aliphatic hydroxyl groups excluding tert-OH is 1. The second kappa shape index (κ2) is 10.1. The van der Waals surface area contributed by atoms with Crippen molar-refractivity contribution < 1.29 is 14.7 Å². The van der Waals surface area contributed by atoms with E-state index in [-0.39, 0.29) is 22.9 Å². The molecular formula is C26H36N2O3. The maximum Gasteiger partial charge on any atom is 0.251 e. The van der Waals surface area contributed by atoms with E-state index in [1.807, 2.05) is 84.0 Å². The lowest BCUT2D eigenvalue weighted by molar-refractivity contribution is 0.0907. The van der Waals surface area contributed by atoms with Crippen molar-refractivity contribution in [2.24, 2.45) is 0 Å². The van der Waals surface area contributed by atoms with Crippen LogP contribution in [0.2, 0.25) is 0 Å². The van der Waals surface area contributed by atoms with Crippen LogP contribution in [0.25, 0.3) is 0 Å². The summed E-state index contributed by atoms with van der Waals surface area (Å²) in [4.78, 5) is 25.3. The van der Waals surface area contributed by atoms with E-state index in [4.69, 9.17) is 0 Å². The summed E-state index contributed by atoms with van der Waals surface area (Å²) < 4.78 is 0. The Hall–Kier alpha value is -2.66. The van der Waals surface area contributed by atoms with Crippen LogP contribution in [0, 0.1) is 0 Å². The molecule has 2 aromatic rings. The number of benzene rings is 2. The van der Waals surface area contributed by atoms with Crippen molar-refractivity contribution in [3.63, 3.8) is 0 Å². The van der Waals surface area contributed by atoms with Gasteiger partial charge in [-0.15, -0.1) is 0 Å². The van der Waals surface area contributed by atoms with Gasteiger partial charge in [0.15, 0.2) is 0 Å². The Balaban J connectivity index is 2.07. The average molecular weight is 425 g/mol. The minimum absolute atomic E-state index is 0.109. The fraction of sp³-hybridized carbons (Fsp3) is 0.462. The third kappa shape index (κ3) is 8.18. The van der Waals surface area contributed by atoms with E-state index in [0.717, 1.165) is 11.1 Å². The Morgan fingerprint density at radius 1 is 0.774 bits per heavy atom. The highest BCUT2D eigenvalue weighted by molar-refractivity contribution is 5.96. The fourth-order valence-electron chi connectivity index (χ4n) is 3.37. The molecule has 2 aromatic carbocycles. The molecule has 0 bridgehead atoms. The van der Waals surface area contributed by atoms with Gasteiger partial charge in [-0.2, -0.15) is 0 Å². The SMILES string of the molecule is CC(C)(C)NC(=O)c1ccccc1CC[C@@H](O)Cc1ccccc1C(=O)NC(C)(C)C. The first-order chi connectivity index (χ1) is 14.4. The van der Waals surface area contributed by atoms with Gasteiger partial charge in [0.25, 0.3) is 11.8 Å². The lowest BCUT2D eigenvalue weighted by Gasteiger charge is -2.22. The van der Waals surface area contributed by atoms with Gasteiger partial charge < -0.3 is 15.7 Å². The molecule has 0 unspecified atom stereocenters. The van der Waals surface area contributed by atoms with Crippen LogP contribution in [-0.4, -0.2) is 34.1 Å². The molecule has 0 aromatic heterocycles. The van der Waals surface area contributed by atoms with Gasteiger partial charge in [0.05, 0.1) is 6.10 Å². The Morgan fingerprint density at radius 2 is 1.19 bits per heavy atom. The van der Waals surface area contributed by atoms with Crippen molar-refractivity contribution in [1.82, 2.24) is 10.6 Å². The van der Waals surface area contributed by atoms with Crippen LogP contribution in [0.1, 0.15) is 79.8 Å². The van der Waals surface area contributed by atoms with E-state index >= 15 is 0 Å². The van der Waals surface area contributed by atoms with Crippen LogP contribution in [0.15, 0.2) is 48.5 Å². The van der Waals surface area contributed by atoms with E-state index in [1.54, 1.807) is 6.07 Å². The van der Waals surface area contributed by atoms with Gasteiger partial charge in [-0.1, -0.05) is 36.4 Å². The molecular weight excluding hydrogens is 388 g/mol. The second-order valence-electron chi connectivity index (χ2n) is 10.1. The molecule has 3 N–H and O–H groups in total. The summed E-state index contributed by atoms with van der Waals surface area (Å²) in [6.07, 6.45) is 0.826. The van der Waals surface area contributed by atoms with Crippen molar-refractivity contribution in [1.29, 1.82) is 0 Å². The monoisotopic (exact) mass is 424 g/mol. The zero-order valence-corrected chi connectivity index (χ0v) is 19.6. The third-order valence-electron chi connectivity index (χ3n) is 4.70. The smallest absolute Gasteiger partial charge is 0.251 e. The number of carbonyl (C=O) groups is 2. The maximum atomic E-state index is 12.6. The molecule has 0 aliphatic rings. The maximum absolute atomic E-state index is 12.6. The lowest BCUT2D eigenvalue weighted by Crippen LogP contribution is -2.41. The zero-order chi connectivity index (χ0) is 23.2. The van der Waals surface area contributed by atoms with Gasteiger partial charge in [0.2, 0.25) is 0 Å². The molecule has 0 spiro atoms. The Bertz CT molecular complexity index is 907. The van der Waals surface area contributed by atoms with Crippen molar-refractivity contribution >= 4 is 11.8 Å². The molecule has 0 aliphatic heterocycles. The molecule has 31 heavy (non-hydrogen) atoms. The highest BCUT2D eigenvalue weighted by Crippen LogP contribution is 2.18. The van der Waals surface area contributed by atoms with Crippen LogP contribution >= 0.6 is 0 Å². The van der Waals surface area contributed by atoms with Gasteiger partial charge in [0, 0.05) is 22.2 Å². The molecule has 168 valence electrons. The molecule has 0 saturated heterocycles. The minimum atomic E-state index is -0.623. The largest absolute Gasteiger partial charge is 0.393 e. The normalized spacial score (nSPS) is 12.9. The third-order valence-corrected chi connectivity index (χ3v) is 4.70. The fourth-order valence-corrected chi connectivity index (χ4v) is 3.37. The number of aryl methyl sites for hydroxylation is 1. The van der Waals surface area contributed by atoms with Gasteiger partial charge >= 0.3 is 0 Å². The zero-order valence-electron chi connectivity index (χ0n) is 19.6. The van der Waals surface area contributed by atoms with Crippen LogP contribution in [0.4, 0.5) is 0 Å². The molecule has 0 radical (unpaired) electrons. The number of hydrogen-bond acceptors (Lipinski definition) is 3. The molecule has 0 saturated carbocycles. The highest BCUT2D eigenvalue weighted by Gasteiger charge is 2.20. The van der Waals surface area contributed by atoms with Gasteiger partial charge in [0.1, 0.15) is 0 Å². The summed E-state index contributed by atoms with van der Waals surface area (Å²) >= 11 is 0. The molecule has 1 atom stereocenters. The predicted molar refractivity (Wildman–Crippen MR) is 125 cm³/mol. The number of nitrogens with one attached hydrogen (secondary N) is 2. The number of amides is 2. The number of rotatable bonds is 7. The summed E-state index contributed by atoms with van der Waals surface area (Å²) in [7, 11) is 0. The summed E-state index contributed by atoms with van der Waals surface area (Å²) in [5.41, 5.74) is 2.29. The van der Waals surface area contributed by atoms with Crippen molar-refractivity contribution in [2.45, 2.75) is 78.0 Å². The van der Waals surface area contributed by atoms with Crippen molar-refractivity contribution in [2.75, 3.05) is 0 Å². The van der Waals surface area contributed by atoms with Gasteiger partial charge in [-0.25, -0.2) is 0 Å². The van der Waals surface area contributed by atoms with Crippen molar-refractivity contribution in [3.8, 4) is 0 Å². The van der Waals surface area contributed by atoms with Gasteiger partial charge in [-0.05, 0) is 84.1 Å². The molecule has 5 heteroatoms. The molecule has 5 nitrogen and oxygen atoms in total. The van der Waals surface area contributed by atoms with Crippen molar-refractivity contribution in [3.05, 3.63) is 70.8 Å². The molecule has 2 amide bonds. The van der Waals surface area contributed by atoms with E-state index in [0.29, 0.717) is 30.4 Å². The Morgan fingerprint density at radius 3 is 1.68 bits per heavy atom. The van der Waals surface area contributed by atoms with E-state index in [2.05, 4.69) is 10.6 Å². The quantitative estimate of drug-likeness (QED) is 0.621. The van der Waals surface area contributed by atoms with E-state index in [1.165, 1.54) is 0 Å². The topological polar surface area (TPSA) is 78.4 Å². The Labute approximate surface area is 186 Å². The minimum Gasteiger partial charge on any atom is -0.393 e. The van der Waals surface area contributed by atoms with Crippen LogP contribution in [0.5, 0.6) is 0 Å². The molecule has 0 fully saturated rings. The summed E-state index contributed by atoms with van der Waals surface area (Å²) in [6, 6.07) is 14.9. The molecule has 0 aliphatic carbocycles. The number of aliphatic hydroxyl groups is 1. The Kier molecular flexibility index (Phi) is 8.02. The molecule has 2 rings (SSSR count).